The Morgan fingerprint density at radius 3 is 2.57 bits per heavy atom. The van der Waals surface area contributed by atoms with Gasteiger partial charge < -0.3 is 4.90 Å². The first kappa shape index (κ1) is 19.5. The van der Waals surface area contributed by atoms with Crippen LogP contribution in [-0.2, 0) is 18.3 Å². The second-order valence-corrected chi connectivity index (χ2v) is 9.05. The number of nitrogens with zero attached hydrogens (tertiary/aromatic N) is 5. The van der Waals surface area contributed by atoms with Gasteiger partial charge in [0.2, 0.25) is 5.91 Å². The molecule has 0 spiro atoms. The van der Waals surface area contributed by atoms with Crippen LogP contribution >= 0.6 is 0 Å². The lowest BCUT2D eigenvalue weighted by molar-refractivity contribution is -0.119. The Labute approximate surface area is 177 Å². The van der Waals surface area contributed by atoms with E-state index < -0.39 is 0 Å². The third-order valence-corrected chi connectivity index (χ3v) is 7.17. The zero-order chi connectivity index (χ0) is 20.7. The smallest absolute Gasteiger partial charge is 0.311 e. The molecular weight excluding hydrogens is 378 g/mol. The molecule has 0 radical (unpaired) electrons. The van der Waals surface area contributed by atoms with Gasteiger partial charge in [0.05, 0.1) is 6.54 Å². The molecule has 5 rings (SSSR count). The summed E-state index contributed by atoms with van der Waals surface area (Å²) in [4.78, 5) is 29.8. The fourth-order valence-electron chi connectivity index (χ4n) is 5.51. The highest BCUT2D eigenvalue weighted by molar-refractivity contribution is 5.96. The van der Waals surface area contributed by atoms with Crippen LogP contribution in [0, 0.1) is 0 Å². The molecule has 3 heterocycles. The summed E-state index contributed by atoms with van der Waals surface area (Å²) in [5.74, 6) is 1.46. The van der Waals surface area contributed by atoms with E-state index in [0.29, 0.717) is 18.5 Å². The van der Waals surface area contributed by atoms with Gasteiger partial charge in [-0.3, -0.25) is 14.3 Å². The molecule has 160 valence electrons. The molecule has 1 aromatic carbocycles. The van der Waals surface area contributed by atoms with Crippen LogP contribution in [0.4, 0.5) is 5.69 Å². The quantitative estimate of drug-likeness (QED) is 0.778. The number of fused-ring (bicyclic) bond motifs is 1. The number of anilines is 1. The maximum absolute atomic E-state index is 12.9. The molecule has 1 saturated heterocycles. The highest BCUT2D eigenvalue weighted by Crippen LogP contribution is 2.34. The van der Waals surface area contributed by atoms with Crippen molar-refractivity contribution < 1.29 is 4.79 Å². The number of amides is 1. The van der Waals surface area contributed by atoms with Gasteiger partial charge in [-0.15, -0.1) is 0 Å². The summed E-state index contributed by atoms with van der Waals surface area (Å²) in [6.07, 6.45) is 7.42. The molecule has 0 N–H and O–H groups in total. The number of piperidine rings is 1. The lowest BCUT2D eigenvalue weighted by Crippen LogP contribution is -2.43. The Kier molecular flexibility index (Phi) is 5.23. The van der Waals surface area contributed by atoms with E-state index in [0.717, 1.165) is 63.3 Å². The number of hydrogen-bond donors (Lipinski definition) is 0. The van der Waals surface area contributed by atoms with Crippen LogP contribution in [0.3, 0.4) is 0 Å². The number of carbonyl (C=O) groups excluding carboxylic acids is 1. The van der Waals surface area contributed by atoms with Crippen molar-refractivity contribution in [3.8, 4) is 0 Å². The Morgan fingerprint density at radius 1 is 1.07 bits per heavy atom. The Hall–Kier alpha value is -2.41. The van der Waals surface area contributed by atoms with E-state index in [9.17, 15) is 9.59 Å². The first-order valence-electron chi connectivity index (χ1n) is 11.4. The average Bonchev–Trinajstić information content (AvgIpc) is 3.48. The van der Waals surface area contributed by atoms with E-state index in [-0.39, 0.29) is 11.6 Å². The zero-order valence-electron chi connectivity index (χ0n) is 17.8. The predicted molar refractivity (Wildman–Crippen MR) is 116 cm³/mol. The highest BCUT2D eigenvalue weighted by Gasteiger charge is 2.32. The van der Waals surface area contributed by atoms with E-state index in [1.807, 2.05) is 21.6 Å². The van der Waals surface area contributed by atoms with Crippen LogP contribution < -0.4 is 10.6 Å². The summed E-state index contributed by atoms with van der Waals surface area (Å²) < 4.78 is 3.49. The summed E-state index contributed by atoms with van der Waals surface area (Å²) in [6, 6.07) is 8.53. The van der Waals surface area contributed by atoms with Gasteiger partial charge in [-0.25, -0.2) is 9.48 Å². The van der Waals surface area contributed by atoms with Gasteiger partial charge in [0.1, 0.15) is 5.82 Å². The number of para-hydroxylation sites is 1. The number of benzene rings is 1. The summed E-state index contributed by atoms with van der Waals surface area (Å²) in [7, 11) is 1.76. The predicted octanol–water partition coefficient (Wildman–Crippen LogP) is 2.47. The standard InChI is InChI=1S/C23H31N5O2/c1-25-23(30)28(19-7-3-4-8-19)22(24-25)18-10-13-26(14-11-18)16-21(29)27-15-12-17-6-2-5-9-20(17)27/h2,5-6,9,18-19H,3-4,7-8,10-16H2,1H3. The van der Waals surface area contributed by atoms with Crippen molar-refractivity contribution >= 4 is 11.6 Å². The van der Waals surface area contributed by atoms with E-state index in [1.165, 1.54) is 23.1 Å². The number of hydrogen-bond acceptors (Lipinski definition) is 4. The highest BCUT2D eigenvalue weighted by atomic mass is 16.2. The van der Waals surface area contributed by atoms with Gasteiger partial charge in [0.15, 0.2) is 0 Å². The number of aromatic nitrogens is 3. The van der Waals surface area contributed by atoms with Crippen molar-refractivity contribution in [2.75, 3.05) is 31.1 Å². The van der Waals surface area contributed by atoms with Crippen LogP contribution in [0.15, 0.2) is 29.1 Å². The van der Waals surface area contributed by atoms with Gasteiger partial charge in [0.25, 0.3) is 0 Å². The molecule has 0 bridgehead atoms. The topological polar surface area (TPSA) is 63.4 Å². The fraction of sp³-hybridized carbons (Fsp3) is 0.609. The molecule has 7 heteroatoms. The van der Waals surface area contributed by atoms with Crippen molar-refractivity contribution in [3.63, 3.8) is 0 Å². The second-order valence-electron chi connectivity index (χ2n) is 9.05. The summed E-state index contributed by atoms with van der Waals surface area (Å²) in [6.45, 7) is 3.01. The first-order valence-corrected chi connectivity index (χ1v) is 11.4. The molecular formula is C23H31N5O2. The lowest BCUT2D eigenvalue weighted by atomic mass is 9.95. The molecule has 7 nitrogen and oxygen atoms in total. The molecule has 0 atom stereocenters. The van der Waals surface area contributed by atoms with Gasteiger partial charge in [0, 0.05) is 31.2 Å². The Balaban J connectivity index is 1.23. The van der Waals surface area contributed by atoms with E-state index in [4.69, 9.17) is 0 Å². The maximum atomic E-state index is 12.9. The molecule has 2 aromatic rings. The minimum atomic E-state index is 0.0298. The van der Waals surface area contributed by atoms with Gasteiger partial charge in [-0.05, 0) is 56.8 Å². The fourth-order valence-corrected chi connectivity index (χ4v) is 5.51. The normalized spacial score (nSPS) is 20.8. The SMILES string of the molecule is Cn1nc(C2CCN(CC(=O)N3CCc4ccccc43)CC2)n(C2CCCC2)c1=O. The molecule has 30 heavy (non-hydrogen) atoms. The number of rotatable bonds is 4. The molecule has 1 aliphatic carbocycles. The van der Waals surface area contributed by atoms with Crippen molar-refractivity contribution in [2.24, 2.45) is 7.05 Å². The molecule has 0 unspecified atom stereocenters. The largest absolute Gasteiger partial charge is 0.345 e. The van der Waals surface area contributed by atoms with Crippen molar-refractivity contribution in [2.45, 2.75) is 56.9 Å². The van der Waals surface area contributed by atoms with Crippen LogP contribution in [-0.4, -0.2) is 51.3 Å². The third-order valence-electron chi connectivity index (χ3n) is 7.17. The molecule has 1 aromatic heterocycles. The van der Waals surface area contributed by atoms with Crippen molar-refractivity contribution in [1.29, 1.82) is 0 Å². The number of aryl methyl sites for hydroxylation is 1. The Morgan fingerprint density at radius 2 is 1.80 bits per heavy atom. The molecule has 2 aliphatic heterocycles. The summed E-state index contributed by atoms with van der Waals surface area (Å²) >= 11 is 0. The summed E-state index contributed by atoms with van der Waals surface area (Å²) in [5.41, 5.74) is 2.37. The van der Waals surface area contributed by atoms with E-state index in [2.05, 4.69) is 22.1 Å². The number of likely N-dealkylation sites (tertiary alicyclic amines) is 1. The van der Waals surface area contributed by atoms with Crippen LogP contribution in [0.2, 0.25) is 0 Å². The van der Waals surface area contributed by atoms with Crippen LogP contribution in [0.1, 0.15) is 61.9 Å². The third kappa shape index (κ3) is 3.49. The molecule has 1 amide bonds. The Bertz CT molecular complexity index is 980. The average molecular weight is 410 g/mol. The van der Waals surface area contributed by atoms with E-state index in [1.54, 1.807) is 7.05 Å². The van der Waals surface area contributed by atoms with Gasteiger partial charge in [-0.1, -0.05) is 31.0 Å². The zero-order valence-corrected chi connectivity index (χ0v) is 17.8. The van der Waals surface area contributed by atoms with Crippen molar-refractivity contribution in [1.82, 2.24) is 19.2 Å². The minimum Gasteiger partial charge on any atom is -0.311 e. The second kappa shape index (κ2) is 8.02. The minimum absolute atomic E-state index is 0.0298. The maximum Gasteiger partial charge on any atom is 0.345 e. The van der Waals surface area contributed by atoms with Crippen LogP contribution in [0.5, 0.6) is 0 Å². The number of carbonyl (C=O) groups is 1. The molecule has 2 fully saturated rings. The van der Waals surface area contributed by atoms with E-state index >= 15 is 0 Å². The molecule has 3 aliphatic rings. The monoisotopic (exact) mass is 409 g/mol. The van der Waals surface area contributed by atoms with Gasteiger partial charge in [-0.2, -0.15) is 5.10 Å². The molecule has 1 saturated carbocycles. The first-order chi connectivity index (χ1) is 14.6. The van der Waals surface area contributed by atoms with Crippen molar-refractivity contribution in [3.05, 3.63) is 46.1 Å². The summed E-state index contributed by atoms with van der Waals surface area (Å²) in [5, 5.41) is 4.63. The lowest BCUT2D eigenvalue weighted by Gasteiger charge is -2.32. The van der Waals surface area contributed by atoms with Gasteiger partial charge >= 0.3 is 5.69 Å². The van der Waals surface area contributed by atoms with Crippen LogP contribution in [0.25, 0.3) is 0 Å².